The molecule has 0 atom stereocenters. The third-order valence-corrected chi connectivity index (χ3v) is 15.7. The zero-order valence-corrected chi connectivity index (χ0v) is 36.8. The zero-order chi connectivity index (χ0) is 46.2. The molecule has 13 rings (SSSR count). The topological polar surface area (TPSA) is 33.6 Å². The van der Waals surface area contributed by atoms with E-state index in [1.54, 1.807) is 46.9 Å². The Morgan fingerprint density at radius 2 is 0.824 bits per heavy atom. The first-order chi connectivity index (χ1) is 33.0. The van der Waals surface area contributed by atoms with Crippen molar-refractivity contribution in [1.82, 2.24) is 9.13 Å². The number of hydrogen-bond donors (Lipinski definition) is 0. The van der Waals surface area contributed by atoms with E-state index < -0.39 is 29.0 Å². The summed E-state index contributed by atoms with van der Waals surface area (Å²) in [7, 11) is 0. The Balaban J connectivity index is 1.23. The van der Waals surface area contributed by atoms with Crippen molar-refractivity contribution in [3.05, 3.63) is 193 Å². The van der Waals surface area contributed by atoms with Crippen molar-refractivity contribution in [2.45, 2.75) is 12.4 Å². The van der Waals surface area contributed by atoms with E-state index in [0.717, 1.165) is 79.0 Å². The Kier molecular flexibility index (Phi) is 8.63. The van der Waals surface area contributed by atoms with Gasteiger partial charge in [-0.15, -0.1) is 22.7 Å². The smallest absolute Gasteiger partial charge is 0.309 e. The van der Waals surface area contributed by atoms with Gasteiger partial charge in [-0.25, -0.2) is 0 Å². The SMILES string of the molecule is N#Cc1cccc(-n2c3ccccc3c3c4sc5ccccc5c4ccc32)c1-c1c(-c2c(C(F)(F)F)cccc2C(F)(F)F)cccc1-n1c2ccccc2c2c3sc4ccccc4c3ccc21. The highest BCUT2D eigenvalue weighted by molar-refractivity contribution is 7.27. The molecule has 0 aliphatic heterocycles. The quantitative estimate of drug-likeness (QED) is 0.162. The molecule has 0 saturated carbocycles. The van der Waals surface area contributed by atoms with E-state index in [9.17, 15) is 5.26 Å². The summed E-state index contributed by atoms with van der Waals surface area (Å²) in [6, 6.07) is 54.0. The van der Waals surface area contributed by atoms with Crippen LogP contribution < -0.4 is 0 Å². The molecule has 0 amide bonds. The molecule has 4 aromatic heterocycles. The molecule has 3 nitrogen and oxygen atoms in total. The summed E-state index contributed by atoms with van der Waals surface area (Å²) >= 11 is 3.28. The minimum absolute atomic E-state index is 0.0369. The number of rotatable bonds is 4. The van der Waals surface area contributed by atoms with Crippen LogP contribution in [-0.2, 0) is 12.4 Å². The predicted octanol–water partition coefficient (Wildman–Crippen LogP) is 17.9. The number of thiophene rings is 2. The summed E-state index contributed by atoms with van der Waals surface area (Å²) in [4.78, 5) is 0. The van der Waals surface area contributed by atoms with E-state index in [1.165, 1.54) is 12.1 Å². The Hall–Kier alpha value is -7.91. The van der Waals surface area contributed by atoms with E-state index in [2.05, 4.69) is 36.4 Å². The van der Waals surface area contributed by atoms with Crippen molar-refractivity contribution in [2.75, 3.05) is 0 Å². The molecule has 0 fully saturated rings. The molecular formula is C57H29F6N3S2. The molecule has 4 heterocycles. The van der Waals surface area contributed by atoms with Gasteiger partial charge in [0.25, 0.3) is 0 Å². The summed E-state index contributed by atoms with van der Waals surface area (Å²) in [5.74, 6) is 0. The average Bonchev–Trinajstić information content (AvgIpc) is 4.10. The Labute approximate surface area is 390 Å². The predicted molar refractivity (Wildman–Crippen MR) is 266 cm³/mol. The van der Waals surface area contributed by atoms with Gasteiger partial charge in [-0.3, -0.25) is 0 Å². The van der Waals surface area contributed by atoms with E-state index in [4.69, 9.17) is 0 Å². The number of fused-ring (bicyclic) bond motifs is 14. The van der Waals surface area contributed by atoms with Crippen molar-refractivity contribution in [3.8, 4) is 39.7 Å². The largest absolute Gasteiger partial charge is 0.417 e. The second-order valence-electron chi connectivity index (χ2n) is 16.8. The maximum Gasteiger partial charge on any atom is 0.417 e. The second kappa shape index (κ2) is 14.5. The molecule has 11 heteroatoms. The fourth-order valence-electron chi connectivity index (χ4n) is 10.6. The number of hydrogen-bond acceptors (Lipinski definition) is 3. The fraction of sp³-hybridized carbons (Fsp3) is 0.0351. The van der Waals surface area contributed by atoms with Gasteiger partial charge < -0.3 is 9.13 Å². The zero-order valence-electron chi connectivity index (χ0n) is 35.2. The maximum absolute atomic E-state index is 15.4. The van der Waals surface area contributed by atoms with Crippen molar-refractivity contribution < 1.29 is 26.3 Å². The number of nitriles is 1. The van der Waals surface area contributed by atoms with Crippen LogP contribution in [-0.4, -0.2) is 9.13 Å². The van der Waals surface area contributed by atoms with E-state index >= 15 is 26.3 Å². The first kappa shape index (κ1) is 40.4. The summed E-state index contributed by atoms with van der Waals surface area (Å²) in [6.45, 7) is 0. The van der Waals surface area contributed by atoms with Gasteiger partial charge in [-0.1, -0.05) is 109 Å². The molecule has 9 aromatic carbocycles. The first-order valence-corrected chi connectivity index (χ1v) is 23.3. The monoisotopic (exact) mass is 933 g/mol. The molecule has 0 aliphatic rings. The standard InChI is InChI=1S/C57H29F6N3S2/c58-56(59,60)39-18-11-19-40(57(61,62)63)50(39)38-17-10-23-44(66-42-21-6-2-16-37(42)53-46(66)29-27-35-33-14-4-8-25-48(33)68-55(35)53)51(38)49-31(30-64)12-9-22-43(49)65-41-20-5-1-15-36(41)52-45(65)28-26-34-32-13-3-7-24-47(32)67-54(34)52/h1-29H. The third-order valence-electron chi connectivity index (χ3n) is 13.2. The van der Waals surface area contributed by atoms with Gasteiger partial charge in [0.1, 0.15) is 0 Å². The van der Waals surface area contributed by atoms with Gasteiger partial charge >= 0.3 is 12.4 Å². The number of benzene rings is 9. The van der Waals surface area contributed by atoms with Crippen LogP contribution in [0.15, 0.2) is 176 Å². The molecule has 68 heavy (non-hydrogen) atoms. The number of nitrogens with zero attached hydrogens (tertiary/aromatic N) is 3. The first-order valence-electron chi connectivity index (χ1n) is 21.6. The van der Waals surface area contributed by atoms with Gasteiger partial charge in [-0.05, 0) is 72.3 Å². The molecular weight excluding hydrogens is 905 g/mol. The van der Waals surface area contributed by atoms with Gasteiger partial charge in [0.05, 0.1) is 56.2 Å². The Morgan fingerprint density at radius 3 is 1.32 bits per heavy atom. The summed E-state index contributed by atoms with van der Waals surface area (Å²) in [6.07, 6.45) is -10.4. The number of alkyl halides is 6. The minimum atomic E-state index is -5.19. The molecule has 0 unspecified atom stereocenters. The van der Waals surface area contributed by atoms with Crippen LogP contribution in [0.3, 0.4) is 0 Å². The molecule has 0 saturated heterocycles. The molecule has 0 spiro atoms. The van der Waals surface area contributed by atoms with Gasteiger partial charge in [0.2, 0.25) is 0 Å². The van der Waals surface area contributed by atoms with Crippen LogP contribution >= 0.6 is 22.7 Å². The van der Waals surface area contributed by atoms with Crippen LogP contribution in [0.2, 0.25) is 0 Å². The van der Waals surface area contributed by atoms with Crippen LogP contribution in [0.5, 0.6) is 0 Å². The van der Waals surface area contributed by atoms with Crippen molar-refractivity contribution in [3.63, 3.8) is 0 Å². The van der Waals surface area contributed by atoms with E-state index in [1.807, 2.05) is 100 Å². The van der Waals surface area contributed by atoms with Gasteiger partial charge in [0.15, 0.2) is 0 Å². The fourth-order valence-corrected chi connectivity index (χ4v) is 13.1. The lowest BCUT2D eigenvalue weighted by Gasteiger charge is -2.25. The lowest BCUT2D eigenvalue weighted by molar-refractivity contribution is -0.142. The molecule has 326 valence electrons. The van der Waals surface area contributed by atoms with Crippen LogP contribution in [0.4, 0.5) is 26.3 Å². The van der Waals surface area contributed by atoms with Crippen molar-refractivity contribution in [1.29, 1.82) is 5.26 Å². The molecule has 0 aliphatic carbocycles. The van der Waals surface area contributed by atoms with Gasteiger partial charge in [-0.2, -0.15) is 31.6 Å². The maximum atomic E-state index is 15.4. The number of halogens is 6. The normalized spacial score (nSPS) is 12.5. The highest BCUT2D eigenvalue weighted by Crippen LogP contribution is 2.53. The molecule has 0 N–H and O–H groups in total. The van der Waals surface area contributed by atoms with Crippen molar-refractivity contribution >= 4 is 107 Å². The Bertz CT molecular complexity index is 4300. The highest BCUT2D eigenvalue weighted by Gasteiger charge is 2.42. The van der Waals surface area contributed by atoms with Gasteiger partial charge in [0, 0.05) is 78.6 Å². The average molecular weight is 934 g/mol. The highest BCUT2D eigenvalue weighted by atomic mass is 32.1. The number of para-hydroxylation sites is 2. The summed E-state index contributed by atoms with van der Waals surface area (Å²) in [5, 5.41) is 19.1. The minimum Gasteiger partial charge on any atom is -0.309 e. The molecule has 13 aromatic rings. The molecule has 0 radical (unpaired) electrons. The van der Waals surface area contributed by atoms with E-state index in [-0.39, 0.29) is 22.3 Å². The summed E-state index contributed by atoms with van der Waals surface area (Å²) in [5.41, 5.74) is -0.349. The molecule has 0 bridgehead atoms. The third kappa shape index (κ3) is 5.71. The van der Waals surface area contributed by atoms with Crippen molar-refractivity contribution in [2.24, 2.45) is 0 Å². The second-order valence-corrected chi connectivity index (χ2v) is 18.9. The Morgan fingerprint density at radius 1 is 0.382 bits per heavy atom. The van der Waals surface area contributed by atoms with Crippen LogP contribution in [0.1, 0.15) is 16.7 Å². The summed E-state index contributed by atoms with van der Waals surface area (Å²) < 4.78 is 101. The lowest BCUT2D eigenvalue weighted by atomic mass is 9.85. The lowest BCUT2D eigenvalue weighted by Crippen LogP contribution is -2.15. The van der Waals surface area contributed by atoms with Crippen LogP contribution in [0.25, 0.3) is 118 Å². The van der Waals surface area contributed by atoms with E-state index in [0.29, 0.717) is 34.5 Å². The van der Waals surface area contributed by atoms with Crippen LogP contribution in [0, 0.1) is 11.3 Å². The number of aromatic nitrogens is 2.